The van der Waals surface area contributed by atoms with Gasteiger partial charge in [0.05, 0.1) is 12.7 Å². The van der Waals surface area contributed by atoms with Crippen LogP contribution in [0.5, 0.6) is 0 Å². The molecule has 0 saturated carbocycles. The average Bonchev–Trinajstić information content (AvgIpc) is 3.09. The number of hydrogen-bond acceptors (Lipinski definition) is 7. The van der Waals surface area contributed by atoms with E-state index in [1.54, 1.807) is 6.08 Å². The number of carbonyl (C=O) groups is 2. The predicted octanol–water partition coefficient (Wildman–Crippen LogP) is 10.3. The Hall–Kier alpha value is -2.81. The summed E-state index contributed by atoms with van der Waals surface area (Å²) in [4.78, 5) is 42.7. The summed E-state index contributed by atoms with van der Waals surface area (Å²) in [6.45, 7) is 3.34. The van der Waals surface area contributed by atoms with Crippen molar-refractivity contribution in [1.29, 1.82) is 0 Å². The van der Waals surface area contributed by atoms with Crippen molar-refractivity contribution in [1.82, 2.24) is 0 Å². The molecule has 0 saturated heterocycles. The Bertz CT molecular complexity index is 1110. The maximum atomic E-state index is 12.3. The highest BCUT2D eigenvalue weighted by Gasteiger charge is 2.22. The molecule has 0 bridgehead atoms. The summed E-state index contributed by atoms with van der Waals surface area (Å²) in [5.74, 6) is -1.00. The summed E-state index contributed by atoms with van der Waals surface area (Å²) in [7, 11) is -4.79. The van der Waals surface area contributed by atoms with E-state index in [-0.39, 0.29) is 19.4 Å². The van der Waals surface area contributed by atoms with Crippen LogP contribution < -0.4 is 0 Å². The average molecular weight is 735 g/mol. The molecular weight excluding hydrogens is 667 g/mol. The van der Waals surface area contributed by atoms with Gasteiger partial charge in [0.2, 0.25) is 0 Å². The molecule has 0 fully saturated rings. The first-order chi connectivity index (χ1) is 24.7. The topological polar surface area (TPSA) is 140 Å². The van der Waals surface area contributed by atoms with Gasteiger partial charge in [0.1, 0.15) is 6.61 Å². The summed E-state index contributed by atoms with van der Waals surface area (Å²) >= 11 is 0. The molecule has 0 aliphatic rings. The molecule has 0 aromatic carbocycles. The van der Waals surface area contributed by atoms with E-state index >= 15 is 0 Å². The second kappa shape index (κ2) is 35.6. The summed E-state index contributed by atoms with van der Waals surface area (Å²) in [6, 6.07) is 0. The van der Waals surface area contributed by atoms with Crippen molar-refractivity contribution >= 4 is 19.8 Å². The Labute approximate surface area is 308 Å². The Balaban J connectivity index is 4.16. The quantitative estimate of drug-likeness (QED) is 0.0198. The highest BCUT2D eigenvalue weighted by atomic mass is 31.2. The zero-order valence-corrected chi connectivity index (χ0v) is 32.2. The number of hydrogen-bond donors (Lipinski definition) is 3. The minimum atomic E-state index is -4.79. The molecule has 51 heavy (non-hydrogen) atoms. The van der Waals surface area contributed by atoms with Crippen molar-refractivity contribution in [3.05, 3.63) is 85.1 Å². The molecule has 0 aromatic heterocycles. The molecule has 9 nitrogen and oxygen atoms in total. The molecule has 0 aromatic rings. The van der Waals surface area contributed by atoms with Crippen LogP contribution in [-0.4, -0.2) is 52.3 Å². The summed E-state index contributed by atoms with van der Waals surface area (Å²) < 4.78 is 26.2. The number of phosphoric ester groups is 1. The highest BCUT2D eigenvalue weighted by Crippen LogP contribution is 2.35. The largest absolute Gasteiger partial charge is 0.469 e. The van der Waals surface area contributed by atoms with Gasteiger partial charge in [-0.15, -0.1) is 0 Å². The van der Waals surface area contributed by atoms with Gasteiger partial charge in [-0.3, -0.25) is 14.1 Å². The zero-order chi connectivity index (χ0) is 37.7. The number of rotatable bonds is 33. The van der Waals surface area contributed by atoms with Crippen LogP contribution in [0.1, 0.15) is 136 Å². The van der Waals surface area contributed by atoms with Gasteiger partial charge < -0.3 is 24.4 Å². The van der Waals surface area contributed by atoms with E-state index in [1.807, 2.05) is 49.5 Å². The van der Waals surface area contributed by atoms with E-state index < -0.39 is 38.6 Å². The number of phosphoric acid groups is 1. The minimum Gasteiger partial charge on any atom is -0.462 e. The first-order valence-corrected chi connectivity index (χ1v) is 20.5. The van der Waals surface area contributed by atoms with Crippen molar-refractivity contribution in [2.45, 2.75) is 148 Å². The molecule has 290 valence electrons. The van der Waals surface area contributed by atoms with Gasteiger partial charge in [-0.2, -0.15) is 0 Å². The molecule has 0 radical (unpaired) electrons. The summed E-state index contributed by atoms with van der Waals surface area (Å²) in [5.41, 5.74) is 0. The van der Waals surface area contributed by atoms with Crippen LogP contribution in [0.25, 0.3) is 0 Å². The monoisotopic (exact) mass is 734 g/mol. The highest BCUT2D eigenvalue weighted by molar-refractivity contribution is 7.46. The van der Waals surface area contributed by atoms with Gasteiger partial charge in [0.15, 0.2) is 6.10 Å². The van der Waals surface area contributed by atoms with Crippen LogP contribution >= 0.6 is 7.82 Å². The van der Waals surface area contributed by atoms with Crippen molar-refractivity contribution in [3.8, 4) is 0 Å². The smallest absolute Gasteiger partial charge is 0.462 e. The Morgan fingerprint density at radius 2 is 1.20 bits per heavy atom. The SMILES string of the molecule is CC/C=C\C(O)C/C=C/C=C\C/C=C\C/C=C\CCCC(=O)O[C@H](COC(=O)CCCCCCC/C=C\C=C/CCCCCC)COP(=O)(O)O. The van der Waals surface area contributed by atoms with Crippen molar-refractivity contribution in [3.63, 3.8) is 0 Å². The molecule has 0 amide bonds. The molecule has 2 atom stereocenters. The van der Waals surface area contributed by atoms with Crippen LogP contribution in [0, 0.1) is 0 Å². The molecule has 1 unspecified atom stereocenters. The van der Waals surface area contributed by atoms with Gasteiger partial charge >= 0.3 is 19.8 Å². The summed E-state index contributed by atoms with van der Waals surface area (Å²) in [5, 5.41) is 9.73. The number of ether oxygens (including phenoxy) is 2. The van der Waals surface area contributed by atoms with Gasteiger partial charge in [-0.05, 0) is 70.6 Å². The minimum absolute atomic E-state index is 0.108. The number of carbonyl (C=O) groups excluding carboxylic acids is 2. The van der Waals surface area contributed by atoms with E-state index in [0.29, 0.717) is 25.7 Å². The van der Waals surface area contributed by atoms with E-state index in [0.717, 1.165) is 57.8 Å². The number of allylic oxidation sites excluding steroid dienone is 12. The molecule has 0 spiro atoms. The summed E-state index contributed by atoms with van der Waals surface area (Å²) in [6.07, 6.45) is 43.6. The van der Waals surface area contributed by atoms with E-state index in [9.17, 15) is 19.3 Å². The third-order valence-electron chi connectivity index (χ3n) is 7.50. The molecule has 0 aliphatic heterocycles. The van der Waals surface area contributed by atoms with Crippen LogP contribution in [0.15, 0.2) is 85.1 Å². The van der Waals surface area contributed by atoms with Crippen LogP contribution in [0.2, 0.25) is 0 Å². The second-order valence-corrected chi connectivity index (χ2v) is 13.6. The van der Waals surface area contributed by atoms with Crippen molar-refractivity contribution in [2.75, 3.05) is 13.2 Å². The Morgan fingerprint density at radius 3 is 1.88 bits per heavy atom. The lowest BCUT2D eigenvalue weighted by atomic mass is 10.1. The lowest BCUT2D eigenvalue weighted by molar-refractivity contribution is -0.161. The fraction of sp³-hybridized carbons (Fsp3) is 0.610. The fourth-order valence-electron chi connectivity index (χ4n) is 4.65. The number of esters is 2. The first-order valence-electron chi connectivity index (χ1n) is 19.0. The molecule has 0 heterocycles. The van der Waals surface area contributed by atoms with Crippen LogP contribution in [-0.2, 0) is 28.2 Å². The molecule has 3 N–H and O–H groups in total. The molecular formula is C41H67O9P. The first kappa shape index (κ1) is 48.2. The second-order valence-electron chi connectivity index (χ2n) is 12.4. The Morgan fingerprint density at radius 1 is 0.627 bits per heavy atom. The third-order valence-corrected chi connectivity index (χ3v) is 7.99. The number of unbranched alkanes of at least 4 members (excludes halogenated alkanes) is 10. The molecule has 10 heteroatoms. The van der Waals surface area contributed by atoms with Gasteiger partial charge in [-0.25, -0.2) is 4.57 Å². The van der Waals surface area contributed by atoms with Crippen molar-refractivity contribution in [2.24, 2.45) is 0 Å². The van der Waals surface area contributed by atoms with Crippen LogP contribution in [0.4, 0.5) is 0 Å². The van der Waals surface area contributed by atoms with E-state index in [4.69, 9.17) is 19.3 Å². The standard InChI is InChI=1S/C41H67O9P/c1-3-5-7-8-9-10-11-12-13-14-18-21-24-27-30-34-40(43)48-36-39(37-49-51(45,46)47)50-41(44)35-31-28-25-22-19-16-15-17-20-23-26-29-33-38(42)32-6-4-2/h6,10-13,15-16,20,22-23,25-26,29,32,38-39,42H,3-5,7-9,14,17-19,21,24,27-28,30-31,33-37H2,1-2H3,(H2,45,46,47)/b11-10-,13-12-,16-15-,23-20-,25-22-,29-26+,32-6-/t38?,39-/m1/s1. The molecule has 0 rings (SSSR count). The lowest BCUT2D eigenvalue weighted by Crippen LogP contribution is -2.29. The van der Waals surface area contributed by atoms with Gasteiger partial charge in [-0.1, -0.05) is 137 Å². The number of aliphatic hydroxyl groups is 1. The number of aliphatic hydroxyl groups excluding tert-OH is 1. The lowest BCUT2D eigenvalue weighted by Gasteiger charge is -2.18. The van der Waals surface area contributed by atoms with E-state index in [2.05, 4.69) is 47.9 Å². The third kappa shape index (κ3) is 38.3. The maximum absolute atomic E-state index is 12.3. The predicted molar refractivity (Wildman–Crippen MR) is 208 cm³/mol. The fourth-order valence-corrected chi connectivity index (χ4v) is 5.01. The normalized spacial score (nSPS) is 14.1. The van der Waals surface area contributed by atoms with E-state index in [1.165, 1.54) is 25.7 Å². The van der Waals surface area contributed by atoms with Crippen molar-refractivity contribution < 1.29 is 43.0 Å². The van der Waals surface area contributed by atoms with Crippen LogP contribution in [0.3, 0.4) is 0 Å². The Kier molecular flexibility index (Phi) is 33.6. The van der Waals surface area contributed by atoms with Gasteiger partial charge in [0, 0.05) is 12.8 Å². The molecule has 0 aliphatic carbocycles. The maximum Gasteiger partial charge on any atom is 0.469 e. The van der Waals surface area contributed by atoms with Gasteiger partial charge in [0.25, 0.3) is 0 Å². The zero-order valence-electron chi connectivity index (χ0n) is 31.3.